The van der Waals surface area contributed by atoms with E-state index in [1.54, 1.807) is 0 Å². The summed E-state index contributed by atoms with van der Waals surface area (Å²) in [6.45, 7) is 0. The SMILES string of the molecule is c1ccc(C2(c3ccccc3)c3ccccc3-c3ccc(N(c4ccccc4-c4cccc5oc6c7ccccc7ccc6c45)c4cccc5oc6ccccc6c45)cc32)cc1. The predicted octanol–water partition coefficient (Wildman–Crippen LogP) is 16.1. The summed E-state index contributed by atoms with van der Waals surface area (Å²) in [5.41, 5.74) is 15.7. The Balaban J connectivity index is 1.13. The smallest absolute Gasteiger partial charge is 0.143 e. The Hall–Kier alpha value is -8.14. The summed E-state index contributed by atoms with van der Waals surface area (Å²) < 4.78 is 13.3. The van der Waals surface area contributed by atoms with Gasteiger partial charge in [-0.2, -0.15) is 0 Å². The molecule has 0 saturated carbocycles. The van der Waals surface area contributed by atoms with Gasteiger partial charge in [-0.15, -0.1) is 0 Å². The number of nitrogens with zero attached hydrogens (tertiary/aromatic N) is 1. The largest absolute Gasteiger partial charge is 0.456 e. The van der Waals surface area contributed by atoms with Crippen LogP contribution in [0.1, 0.15) is 22.3 Å². The highest BCUT2D eigenvalue weighted by Crippen LogP contribution is 2.58. The van der Waals surface area contributed by atoms with Gasteiger partial charge >= 0.3 is 0 Å². The maximum atomic E-state index is 6.76. The van der Waals surface area contributed by atoms with Crippen LogP contribution >= 0.6 is 0 Å². The Morgan fingerprint density at radius 3 is 1.76 bits per heavy atom. The third-order valence-electron chi connectivity index (χ3n) is 13.1. The van der Waals surface area contributed by atoms with E-state index in [9.17, 15) is 0 Å². The molecule has 2 aromatic heterocycles. The second kappa shape index (κ2) is 13.4. The number of hydrogen-bond donors (Lipinski definition) is 0. The summed E-state index contributed by atoms with van der Waals surface area (Å²) in [5, 5.41) is 6.62. The number of furan rings is 2. The first kappa shape index (κ1) is 34.7. The van der Waals surface area contributed by atoms with E-state index in [4.69, 9.17) is 8.83 Å². The molecule has 12 aromatic rings. The molecule has 290 valence electrons. The van der Waals surface area contributed by atoms with E-state index < -0.39 is 5.41 Å². The molecule has 3 nitrogen and oxygen atoms in total. The molecule has 0 aliphatic heterocycles. The van der Waals surface area contributed by atoms with Gasteiger partial charge in [-0.3, -0.25) is 0 Å². The van der Waals surface area contributed by atoms with E-state index >= 15 is 0 Å². The fraction of sp³-hybridized carbons (Fsp3) is 0.0169. The highest BCUT2D eigenvalue weighted by molar-refractivity contribution is 6.20. The minimum atomic E-state index is -0.561. The molecule has 10 aromatic carbocycles. The van der Waals surface area contributed by atoms with Crippen molar-refractivity contribution in [3.05, 3.63) is 247 Å². The maximum Gasteiger partial charge on any atom is 0.143 e. The van der Waals surface area contributed by atoms with Crippen molar-refractivity contribution in [1.82, 2.24) is 0 Å². The molecule has 0 saturated heterocycles. The lowest BCUT2D eigenvalue weighted by Crippen LogP contribution is -2.28. The van der Waals surface area contributed by atoms with E-state index in [0.717, 1.165) is 82.8 Å². The fourth-order valence-corrected chi connectivity index (χ4v) is 10.6. The summed E-state index contributed by atoms with van der Waals surface area (Å²) in [4.78, 5) is 2.46. The fourth-order valence-electron chi connectivity index (χ4n) is 10.6. The van der Waals surface area contributed by atoms with Crippen molar-refractivity contribution >= 4 is 71.7 Å². The van der Waals surface area contributed by atoms with Gasteiger partial charge in [0, 0.05) is 32.8 Å². The molecule has 1 aliphatic carbocycles. The minimum Gasteiger partial charge on any atom is -0.456 e. The number of hydrogen-bond acceptors (Lipinski definition) is 3. The third kappa shape index (κ3) is 4.88. The summed E-state index contributed by atoms with van der Waals surface area (Å²) in [5.74, 6) is 0. The highest BCUT2D eigenvalue weighted by atomic mass is 16.3. The molecule has 0 radical (unpaired) electrons. The lowest BCUT2D eigenvalue weighted by Gasteiger charge is -2.35. The van der Waals surface area contributed by atoms with Gasteiger partial charge in [-0.05, 0) is 92.9 Å². The topological polar surface area (TPSA) is 29.5 Å². The number of anilines is 3. The van der Waals surface area contributed by atoms with Crippen molar-refractivity contribution < 1.29 is 8.83 Å². The molecular formula is C59H37NO2. The van der Waals surface area contributed by atoms with E-state index in [-0.39, 0.29) is 0 Å². The molecule has 0 spiro atoms. The van der Waals surface area contributed by atoms with E-state index in [0.29, 0.717) is 0 Å². The van der Waals surface area contributed by atoms with Crippen molar-refractivity contribution in [2.75, 3.05) is 4.90 Å². The van der Waals surface area contributed by atoms with Crippen LogP contribution in [-0.4, -0.2) is 0 Å². The minimum absolute atomic E-state index is 0.561. The van der Waals surface area contributed by atoms with E-state index in [1.165, 1.54) is 33.4 Å². The van der Waals surface area contributed by atoms with E-state index in [2.05, 4.69) is 223 Å². The van der Waals surface area contributed by atoms with Crippen LogP contribution in [0.5, 0.6) is 0 Å². The molecular weight excluding hydrogens is 755 g/mol. The van der Waals surface area contributed by atoms with Gasteiger partial charge in [0.05, 0.1) is 22.2 Å². The van der Waals surface area contributed by atoms with Crippen LogP contribution in [0.15, 0.2) is 233 Å². The van der Waals surface area contributed by atoms with Crippen molar-refractivity contribution in [1.29, 1.82) is 0 Å². The van der Waals surface area contributed by atoms with Crippen LogP contribution in [0.4, 0.5) is 17.1 Å². The van der Waals surface area contributed by atoms with Crippen LogP contribution in [0.2, 0.25) is 0 Å². The molecule has 13 rings (SSSR count). The van der Waals surface area contributed by atoms with Gasteiger partial charge in [0.2, 0.25) is 0 Å². The average molecular weight is 792 g/mol. The Morgan fingerprint density at radius 1 is 0.339 bits per heavy atom. The van der Waals surface area contributed by atoms with Crippen molar-refractivity contribution in [3.8, 4) is 22.3 Å². The zero-order chi connectivity index (χ0) is 40.8. The Kier molecular flexibility index (Phi) is 7.52. The molecule has 0 N–H and O–H groups in total. The Bertz CT molecular complexity index is 3670. The van der Waals surface area contributed by atoms with Crippen molar-refractivity contribution in [2.45, 2.75) is 5.41 Å². The molecule has 3 heteroatoms. The first-order valence-corrected chi connectivity index (χ1v) is 21.3. The number of para-hydroxylation sites is 2. The average Bonchev–Trinajstić information content (AvgIpc) is 4.01. The Labute approximate surface area is 358 Å². The Morgan fingerprint density at radius 2 is 0.935 bits per heavy atom. The normalized spacial score (nSPS) is 13.0. The first-order chi connectivity index (χ1) is 30.8. The first-order valence-electron chi connectivity index (χ1n) is 21.3. The molecule has 0 amide bonds. The summed E-state index contributed by atoms with van der Waals surface area (Å²) in [6.07, 6.45) is 0. The zero-order valence-electron chi connectivity index (χ0n) is 33.6. The summed E-state index contributed by atoms with van der Waals surface area (Å²) >= 11 is 0. The number of fused-ring (bicyclic) bond motifs is 11. The van der Waals surface area contributed by atoms with Crippen LogP contribution in [0, 0.1) is 0 Å². The van der Waals surface area contributed by atoms with Gasteiger partial charge in [-0.1, -0.05) is 176 Å². The van der Waals surface area contributed by atoms with Crippen molar-refractivity contribution in [2.24, 2.45) is 0 Å². The lowest BCUT2D eigenvalue weighted by molar-refractivity contribution is 0.669. The molecule has 0 atom stereocenters. The van der Waals surface area contributed by atoms with Crippen molar-refractivity contribution in [3.63, 3.8) is 0 Å². The predicted molar refractivity (Wildman–Crippen MR) is 256 cm³/mol. The molecule has 0 fully saturated rings. The monoisotopic (exact) mass is 791 g/mol. The summed E-state index contributed by atoms with van der Waals surface area (Å²) in [6, 6.07) is 81.1. The number of rotatable bonds is 6. The second-order valence-electron chi connectivity index (χ2n) is 16.3. The van der Waals surface area contributed by atoms with Crippen LogP contribution < -0.4 is 4.90 Å². The van der Waals surface area contributed by atoms with E-state index in [1.807, 2.05) is 6.07 Å². The molecule has 0 unspecified atom stereocenters. The maximum absolute atomic E-state index is 6.76. The second-order valence-corrected chi connectivity index (χ2v) is 16.3. The van der Waals surface area contributed by atoms with Gasteiger partial charge < -0.3 is 13.7 Å². The van der Waals surface area contributed by atoms with Gasteiger partial charge in [0.1, 0.15) is 22.3 Å². The lowest BCUT2D eigenvalue weighted by atomic mass is 9.67. The number of benzene rings is 10. The summed E-state index contributed by atoms with van der Waals surface area (Å²) in [7, 11) is 0. The quantitative estimate of drug-likeness (QED) is 0.168. The van der Waals surface area contributed by atoms with Gasteiger partial charge in [0.15, 0.2) is 0 Å². The highest BCUT2D eigenvalue weighted by Gasteiger charge is 2.46. The van der Waals surface area contributed by atoms with Crippen LogP contribution in [-0.2, 0) is 5.41 Å². The molecule has 0 bridgehead atoms. The van der Waals surface area contributed by atoms with Crippen LogP contribution in [0.3, 0.4) is 0 Å². The molecule has 1 aliphatic rings. The molecule has 2 heterocycles. The van der Waals surface area contributed by atoms with Gasteiger partial charge in [-0.25, -0.2) is 0 Å². The zero-order valence-corrected chi connectivity index (χ0v) is 33.6. The standard InChI is InChI=1S/C59H37NO2/c1-3-18-39(19-4-1)59(40-20-5-2-6-21-40)49-27-12-9-23-43(49)44-36-34-41(37-50(44)59)60(52-29-16-32-55-57(52)47-25-11-14-30-53(47)61-55)51-28-13-10-24-45(51)46-26-15-31-54-56(46)48-35-33-38-17-7-8-22-42(38)58(48)62-54/h1-37H. The third-order valence-corrected chi connectivity index (χ3v) is 13.1. The van der Waals surface area contributed by atoms with Crippen LogP contribution in [0.25, 0.3) is 76.9 Å². The molecule has 62 heavy (non-hydrogen) atoms. The van der Waals surface area contributed by atoms with Gasteiger partial charge in [0.25, 0.3) is 0 Å².